The van der Waals surface area contributed by atoms with Gasteiger partial charge in [0.15, 0.2) is 0 Å². The molecule has 0 aromatic carbocycles. The number of amides is 1. The van der Waals surface area contributed by atoms with Crippen molar-refractivity contribution in [1.82, 2.24) is 4.90 Å². The van der Waals surface area contributed by atoms with E-state index in [2.05, 4.69) is 0 Å². The second-order valence-electron chi connectivity index (χ2n) is 5.76. The molecule has 0 spiro atoms. The third-order valence-electron chi connectivity index (χ3n) is 4.57. The molecule has 18 heavy (non-hydrogen) atoms. The van der Waals surface area contributed by atoms with Gasteiger partial charge in [-0.3, -0.25) is 4.79 Å². The molecule has 5 heteroatoms. The molecular weight excluding hydrogens is 232 g/mol. The van der Waals surface area contributed by atoms with E-state index in [0.717, 1.165) is 32.1 Å². The zero-order chi connectivity index (χ0) is 13.3. The van der Waals surface area contributed by atoms with Crippen LogP contribution >= 0.6 is 0 Å². The van der Waals surface area contributed by atoms with Crippen LogP contribution in [0.3, 0.4) is 0 Å². The maximum atomic E-state index is 12.6. The normalized spacial score (nSPS) is 36.7. The number of rotatable bonds is 2. The number of nitrogens with two attached hydrogens (primary N) is 1. The van der Waals surface area contributed by atoms with Crippen molar-refractivity contribution in [2.45, 2.75) is 57.5 Å². The minimum absolute atomic E-state index is 0.0559. The molecule has 3 N–H and O–H groups in total. The standard InChI is InChI=1S/C13H22N2O3/c1-13(7-4-6-10(13)14)12(18)15-8-3-2-5-9(15)11(16)17/h9-10H,2-8,14H2,1H3,(H,16,17)/t9-,10?,13?/m1/s1. The summed E-state index contributed by atoms with van der Waals surface area (Å²) in [6, 6.07) is -0.794. The average Bonchev–Trinajstić information content (AvgIpc) is 2.70. The van der Waals surface area contributed by atoms with Gasteiger partial charge in [0.2, 0.25) is 5.91 Å². The van der Waals surface area contributed by atoms with Gasteiger partial charge >= 0.3 is 5.97 Å². The molecule has 0 aromatic heterocycles. The van der Waals surface area contributed by atoms with Crippen LogP contribution < -0.4 is 5.73 Å². The molecule has 1 aliphatic heterocycles. The number of hydrogen-bond donors (Lipinski definition) is 2. The Morgan fingerprint density at radius 2 is 2.00 bits per heavy atom. The van der Waals surface area contributed by atoms with Gasteiger partial charge in [-0.15, -0.1) is 0 Å². The van der Waals surface area contributed by atoms with Crippen molar-refractivity contribution in [2.24, 2.45) is 11.1 Å². The van der Waals surface area contributed by atoms with E-state index in [1.54, 1.807) is 4.90 Å². The zero-order valence-corrected chi connectivity index (χ0v) is 10.9. The van der Waals surface area contributed by atoms with Crippen LogP contribution in [0.2, 0.25) is 0 Å². The molecule has 2 rings (SSSR count). The Bertz CT molecular complexity index is 358. The number of carbonyl (C=O) groups is 2. The van der Waals surface area contributed by atoms with E-state index in [1.807, 2.05) is 6.92 Å². The molecule has 102 valence electrons. The fourth-order valence-corrected chi connectivity index (χ4v) is 3.22. The molecule has 2 unspecified atom stereocenters. The van der Waals surface area contributed by atoms with Crippen LogP contribution in [0.5, 0.6) is 0 Å². The van der Waals surface area contributed by atoms with Crippen molar-refractivity contribution in [1.29, 1.82) is 0 Å². The number of carboxylic acids is 1. The lowest BCUT2D eigenvalue weighted by molar-refractivity contribution is -0.157. The summed E-state index contributed by atoms with van der Waals surface area (Å²) in [6.07, 6.45) is 4.91. The first-order chi connectivity index (χ1) is 8.47. The molecule has 0 aromatic rings. The van der Waals surface area contributed by atoms with E-state index < -0.39 is 17.4 Å². The van der Waals surface area contributed by atoms with E-state index in [4.69, 9.17) is 5.73 Å². The number of carbonyl (C=O) groups excluding carboxylic acids is 1. The smallest absolute Gasteiger partial charge is 0.326 e. The lowest BCUT2D eigenvalue weighted by Crippen LogP contribution is -2.56. The van der Waals surface area contributed by atoms with Crippen LogP contribution in [0.25, 0.3) is 0 Å². The molecule has 1 aliphatic carbocycles. The van der Waals surface area contributed by atoms with Crippen molar-refractivity contribution in [2.75, 3.05) is 6.54 Å². The molecule has 0 bridgehead atoms. The quantitative estimate of drug-likeness (QED) is 0.769. The monoisotopic (exact) mass is 254 g/mol. The Kier molecular flexibility index (Phi) is 3.61. The van der Waals surface area contributed by atoms with Crippen molar-refractivity contribution >= 4 is 11.9 Å². The van der Waals surface area contributed by atoms with Gasteiger partial charge < -0.3 is 15.7 Å². The van der Waals surface area contributed by atoms with Crippen LogP contribution in [0.1, 0.15) is 45.4 Å². The summed E-state index contributed by atoms with van der Waals surface area (Å²) in [4.78, 5) is 25.4. The molecular formula is C13H22N2O3. The third kappa shape index (κ3) is 2.11. The second-order valence-corrected chi connectivity index (χ2v) is 5.76. The van der Waals surface area contributed by atoms with Crippen LogP contribution in [-0.4, -0.2) is 40.5 Å². The Morgan fingerprint density at radius 1 is 1.28 bits per heavy atom. The molecule has 3 atom stereocenters. The highest BCUT2D eigenvalue weighted by molar-refractivity contribution is 5.88. The average molecular weight is 254 g/mol. The number of carboxylic acid groups (broad SMARTS) is 1. The second kappa shape index (κ2) is 4.88. The number of nitrogens with zero attached hydrogens (tertiary/aromatic N) is 1. The van der Waals surface area contributed by atoms with Gasteiger partial charge in [-0.25, -0.2) is 4.79 Å². The Morgan fingerprint density at radius 3 is 2.56 bits per heavy atom. The van der Waals surface area contributed by atoms with Gasteiger partial charge in [-0.1, -0.05) is 6.42 Å². The summed E-state index contributed by atoms with van der Waals surface area (Å²) in [6.45, 7) is 2.44. The number of piperidine rings is 1. The van der Waals surface area contributed by atoms with Gasteiger partial charge in [0, 0.05) is 12.6 Å². The minimum Gasteiger partial charge on any atom is -0.480 e. The predicted molar refractivity (Wildman–Crippen MR) is 66.9 cm³/mol. The maximum absolute atomic E-state index is 12.6. The van der Waals surface area contributed by atoms with Crippen LogP contribution in [0.15, 0.2) is 0 Å². The molecule has 1 amide bonds. The third-order valence-corrected chi connectivity index (χ3v) is 4.57. The largest absolute Gasteiger partial charge is 0.480 e. The van der Waals surface area contributed by atoms with E-state index in [0.29, 0.717) is 13.0 Å². The van der Waals surface area contributed by atoms with Gasteiger partial charge in [-0.05, 0) is 39.0 Å². The Labute approximate surface area is 107 Å². The number of likely N-dealkylation sites (tertiary alicyclic amines) is 1. The molecule has 1 saturated heterocycles. The summed E-state index contributed by atoms with van der Waals surface area (Å²) < 4.78 is 0. The molecule has 0 radical (unpaired) electrons. The molecule has 1 saturated carbocycles. The van der Waals surface area contributed by atoms with Gasteiger partial charge in [0.25, 0.3) is 0 Å². The fraction of sp³-hybridized carbons (Fsp3) is 0.846. The summed E-state index contributed by atoms with van der Waals surface area (Å²) in [5.41, 5.74) is 5.48. The van der Waals surface area contributed by atoms with E-state index in [9.17, 15) is 14.7 Å². The predicted octanol–water partition coefficient (Wildman–Crippen LogP) is 0.970. The van der Waals surface area contributed by atoms with Crippen molar-refractivity contribution in [3.8, 4) is 0 Å². The number of hydrogen-bond acceptors (Lipinski definition) is 3. The molecule has 1 heterocycles. The van der Waals surface area contributed by atoms with E-state index in [1.165, 1.54) is 0 Å². The first-order valence-electron chi connectivity index (χ1n) is 6.76. The Hall–Kier alpha value is -1.10. The first kappa shape index (κ1) is 13.3. The molecule has 2 fully saturated rings. The van der Waals surface area contributed by atoms with Crippen molar-refractivity contribution < 1.29 is 14.7 Å². The van der Waals surface area contributed by atoms with Gasteiger partial charge in [0.1, 0.15) is 6.04 Å². The zero-order valence-electron chi connectivity index (χ0n) is 10.9. The molecule has 2 aliphatic rings. The minimum atomic E-state index is -0.891. The summed E-state index contributed by atoms with van der Waals surface area (Å²) in [5.74, 6) is -0.946. The van der Waals surface area contributed by atoms with Crippen molar-refractivity contribution in [3.05, 3.63) is 0 Å². The SMILES string of the molecule is CC1(C(=O)N2CCCC[C@@H]2C(=O)O)CCCC1N. The fourth-order valence-electron chi connectivity index (χ4n) is 3.22. The Balaban J connectivity index is 2.18. The van der Waals surface area contributed by atoms with Gasteiger partial charge in [0.05, 0.1) is 5.41 Å². The van der Waals surface area contributed by atoms with E-state index >= 15 is 0 Å². The maximum Gasteiger partial charge on any atom is 0.326 e. The van der Waals surface area contributed by atoms with Crippen LogP contribution in [0, 0.1) is 5.41 Å². The summed E-state index contributed by atoms with van der Waals surface area (Å²) in [5, 5.41) is 9.23. The lowest BCUT2D eigenvalue weighted by Gasteiger charge is -2.39. The summed E-state index contributed by atoms with van der Waals surface area (Å²) >= 11 is 0. The van der Waals surface area contributed by atoms with Crippen LogP contribution in [-0.2, 0) is 9.59 Å². The number of aliphatic carboxylic acids is 1. The van der Waals surface area contributed by atoms with Crippen LogP contribution in [0.4, 0.5) is 0 Å². The highest BCUT2D eigenvalue weighted by atomic mass is 16.4. The van der Waals surface area contributed by atoms with Gasteiger partial charge in [-0.2, -0.15) is 0 Å². The topological polar surface area (TPSA) is 83.6 Å². The van der Waals surface area contributed by atoms with Crippen molar-refractivity contribution in [3.63, 3.8) is 0 Å². The first-order valence-corrected chi connectivity index (χ1v) is 6.76. The lowest BCUT2D eigenvalue weighted by atomic mass is 9.82. The highest BCUT2D eigenvalue weighted by Gasteiger charge is 2.47. The highest BCUT2D eigenvalue weighted by Crippen LogP contribution is 2.39. The summed E-state index contributed by atoms with van der Waals surface area (Å²) in [7, 11) is 0. The van der Waals surface area contributed by atoms with E-state index in [-0.39, 0.29) is 11.9 Å². The molecule has 5 nitrogen and oxygen atoms in total.